The molecule has 0 fully saturated rings. The number of carbonyl (C=O) groups excluding carboxylic acids is 1. The molecule has 2 aromatic heterocycles. The number of carbonyl (C=O) groups is 1. The highest BCUT2D eigenvalue weighted by Gasteiger charge is 2.19. The van der Waals surface area contributed by atoms with Gasteiger partial charge >= 0.3 is 0 Å². The van der Waals surface area contributed by atoms with Crippen LogP contribution in [0.2, 0.25) is 0 Å². The van der Waals surface area contributed by atoms with Crippen LogP contribution < -0.4 is 0 Å². The maximum Gasteiger partial charge on any atom is 0.291 e. The number of alkyl halides is 2. The van der Waals surface area contributed by atoms with Gasteiger partial charge in [0.15, 0.2) is 5.16 Å². The van der Waals surface area contributed by atoms with Crippen molar-refractivity contribution in [3.05, 3.63) is 54.4 Å². The molecule has 1 aromatic carbocycles. The molecule has 3 aromatic rings. The average Bonchev–Trinajstić information content (AvgIpc) is 2.92. The third kappa shape index (κ3) is 4.14. The summed E-state index contributed by atoms with van der Waals surface area (Å²) < 4.78 is 27.2. The summed E-state index contributed by atoms with van der Waals surface area (Å²) in [5, 5.41) is 0.138. The van der Waals surface area contributed by atoms with Gasteiger partial charge in [0.1, 0.15) is 6.54 Å². The maximum atomic E-state index is 12.8. The van der Waals surface area contributed by atoms with Crippen molar-refractivity contribution in [1.82, 2.24) is 19.4 Å². The largest absolute Gasteiger partial charge is 0.340 e. The van der Waals surface area contributed by atoms with Crippen LogP contribution in [0.1, 0.15) is 5.56 Å². The van der Waals surface area contributed by atoms with E-state index in [2.05, 4.69) is 9.97 Å². The lowest BCUT2D eigenvalue weighted by atomic mass is 10.2. The molecule has 130 valence electrons. The number of hydrogen-bond acceptors (Lipinski definition) is 4. The number of thioether (sulfide) groups is 1. The monoisotopic (exact) mass is 362 g/mol. The van der Waals surface area contributed by atoms with Gasteiger partial charge in [0.2, 0.25) is 5.91 Å². The van der Waals surface area contributed by atoms with Gasteiger partial charge in [0.05, 0.1) is 11.0 Å². The van der Waals surface area contributed by atoms with Crippen LogP contribution in [0, 0.1) is 0 Å². The number of nitrogens with zero attached hydrogens (tertiary/aromatic N) is 4. The van der Waals surface area contributed by atoms with E-state index in [1.807, 2.05) is 6.07 Å². The molecule has 0 aliphatic rings. The van der Waals surface area contributed by atoms with Crippen LogP contribution in [0.5, 0.6) is 0 Å². The second-order valence-electron chi connectivity index (χ2n) is 5.46. The van der Waals surface area contributed by atoms with Gasteiger partial charge in [-0.1, -0.05) is 18.2 Å². The van der Waals surface area contributed by atoms with Crippen LogP contribution in [0.3, 0.4) is 0 Å². The first-order valence-corrected chi connectivity index (χ1v) is 8.45. The smallest absolute Gasteiger partial charge is 0.291 e. The predicted octanol–water partition coefficient (Wildman–Crippen LogP) is 3.40. The van der Waals surface area contributed by atoms with Crippen LogP contribution in [-0.2, 0) is 17.9 Å². The summed E-state index contributed by atoms with van der Waals surface area (Å²) >= 11 is 0.346. The molecule has 0 radical (unpaired) electrons. The fourth-order valence-corrected chi connectivity index (χ4v) is 3.09. The van der Waals surface area contributed by atoms with Crippen molar-refractivity contribution >= 4 is 28.7 Å². The number of benzene rings is 1. The van der Waals surface area contributed by atoms with E-state index in [9.17, 15) is 13.6 Å². The normalized spacial score (nSPS) is 11.2. The van der Waals surface area contributed by atoms with E-state index in [1.54, 1.807) is 54.7 Å². The Morgan fingerprint density at radius 3 is 2.80 bits per heavy atom. The fraction of sp³-hybridized carbons (Fsp3) is 0.235. The summed E-state index contributed by atoms with van der Waals surface area (Å²) in [7, 11) is 1.67. The minimum atomic E-state index is -2.60. The van der Waals surface area contributed by atoms with Crippen LogP contribution in [-0.4, -0.2) is 38.1 Å². The minimum absolute atomic E-state index is 0.0493. The molecule has 2 heterocycles. The van der Waals surface area contributed by atoms with Crippen molar-refractivity contribution in [1.29, 1.82) is 0 Å². The molecule has 8 heteroatoms. The van der Waals surface area contributed by atoms with Crippen molar-refractivity contribution in [3.63, 3.8) is 0 Å². The van der Waals surface area contributed by atoms with Gasteiger partial charge in [-0.05, 0) is 35.5 Å². The van der Waals surface area contributed by atoms with Crippen LogP contribution >= 0.6 is 11.8 Å². The summed E-state index contributed by atoms with van der Waals surface area (Å²) in [6, 6.07) is 10.8. The number of imidazole rings is 1. The lowest BCUT2D eigenvalue weighted by molar-refractivity contribution is -0.131. The average molecular weight is 362 g/mol. The highest BCUT2D eigenvalue weighted by atomic mass is 32.2. The SMILES string of the molecule is CN(Cc1cccnc1)C(=O)Cn1c(SC(F)F)nc2ccccc21. The van der Waals surface area contributed by atoms with Crippen LogP contribution in [0.15, 0.2) is 53.9 Å². The van der Waals surface area contributed by atoms with E-state index in [-0.39, 0.29) is 17.6 Å². The number of amides is 1. The highest BCUT2D eigenvalue weighted by Crippen LogP contribution is 2.28. The zero-order valence-electron chi connectivity index (χ0n) is 13.5. The zero-order valence-corrected chi connectivity index (χ0v) is 14.3. The molecule has 0 atom stereocenters. The predicted molar refractivity (Wildman–Crippen MR) is 92.3 cm³/mol. The molecule has 1 amide bonds. The van der Waals surface area contributed by atoms with Gasteiger partial charge in [0, 0.05) is 26.0 Å². The van der Waals surface area contributed by atoms with Gasteiger partial charge in [-0.3, -0.25) is 9.78 Å². The number of halogens is 2. The Bertz CT molecular complexity index is 869. The Morgan fingerprint density at radius 2 is 2.08 bits per heavy atom. The Labute approximate surface area is 147 Å². The number of aromatic nitrogens is 3. The zero-order chi connectivity index (χ0) is 17.8. The van der Waals surface area contributed by atoms with E-state index in [0.717, 1.165) is 5.56 Å². The number of pyridine rings is 1. The minimum Gasteiger partial charge on any atom is -0.340 e. The van der Waals surface area contributed by atoms with Crippen molar-refractivity contribution in [2.75, 3.05) is 7.05 Å². The van der Waals surface area contributed by atoms with E-state index in [4.69, 9.17) is 0 Å². The van der Waals surface area contributed by atoms with E-state index < -0.39 is 5.76 Å². The number of para-hydroxylation sites is 2. The molecular formula is C17H16F2N4OS. The maximum absolute atomic E-state index is 12.8. The molecule has 0 saturated heterocycles. The number of likely N-dealkylation sites (N-methyl/N-ethyl adjacent to an activating group) is 1. The first kappa shape index (κ1) is 17.3. The third-order valence-electron chi connectivity index (χ3n) is 3.68. The van der Waals surface area contributed by atoms with Crippen molar-refractivity contribution in [3.8, 4) is 0 Å². The summed E-state index contributed by atoms with van der Waals surface area (Å²) in [6.45, 7) is 0.350. The Hall–Kier alpha value is -2.48. The number of hydrogen-bond donors (Lipinski definition) is 0. The standard InChI is InChI=1S/C17H16F2N4OS/c1-22(10-12-5-4-8-20-9-12)15(24)11-23-14-7-3-2-6-13(14)21-17(23)25-16(18)19/h2-9,16H,10-11H2,1H3. The van der Waals surface area contributed by atoms with Crippen LogP contribution in [0.25, 0.3) is 11.0 Å². The number of rotatable bonds is 6. The van der Waals surface area contributed by atoms with Gasteiger partial charge in [0.25, 0.3) is 5.76 Å². The number of fused-ring (bicyclic) bond motifs is 1. The lowest BCUT2D eigenvalue weighted by Gasteiger charge is -2.18. The van der Waals surface area contributed by atoms with E-state index >= 15 is 0 Å². The van der Waals surface area contributed by atoms with Gasteiger partial charge in [-0.25, -0.2) is 4.98 Å². The molecule has 5 nitrogen and oxygen atoms in total. The Balaban J connectivity index is 1.82. The summed E-state index contributed by atoms with van der Waals surface area (Å²) in [4.78, 5) is 22.3. The molecule has 25 heavy (non-hydrogen) atoms. The van der Waals surface area contributed by atoms with Gasteiger partial charge < -0.3 is 9.47 Å². The third-order valence-corrected chi connectivity index (χ3v) is 4.38. The molecule has 3 rings (SSSR count). The van der Waals surface area contributed by atoms with Gasteiger partial charge in [-0.15, -0.1) is 0 Å². The van der Waals surface area contributed by atoms with Crippen LogP contribution in [0.4, 0.5) is 8.78 Å². The second-order valence-corrected chi connectivity index (χ2v) is 6.42. The quantitative estimate of drug-likeness (QED) is 0.631. The topological polar surface area (TPSA) is 51.0 Å². The first-order valence-electron chi connectivity index (χ1n) is 7.57. The highest BCUT2D eigenvalue weighted by molar-refractivity contribution is 7.99. The molecule has 0 unspecified atom stereocenters. The lowest BCUT2D eigenvalue weighted by Crippen LogP contribution is -2.30. The van der Waals surface area contributed by atoms with E-state index in [1.165, 1.54) is 4.57 Å². The van der Waals surface area contributed by atoms with Crippen molar-refractivity contribution in [2.24, 2.45) is 0 Å². The summed E-state index contributed by atoms with van der Waals surface area (Å²) in [5.41, 5.74) is 2.15. The summed E-state index contributed by atoms with van der Waals surface area (Å²) in [6.07, 6.45) is 3.35. The second kappa shape index (κ2) is 7.60. The van der Waals surface area contributed by atoms with Crippen molar-refractivity contribution < 1.29 is 13.6 Å². The molecule has 0 N–H and O–H groups in total. The van der Waals surface area contributed by atoms with Gasteiger partial charge in [-0.2, -0.15) is 8.78 Å². The molecule has 0 aliphatic carbocycles. The molecule has 0 spiro atoms. The summed E-state index contributed by atoms with van der Waals surface area (Å²) in [5.74, 6) is -2.79. The Kier molecular flexibility index (Phi) is 5.28. The fourth-order valence-electron chi connectivity index (χ4n) is 2.49. The molecular weight excluding hydrogens is 346 g/mol. The molecule has 0 saturated carbocycles. The van der Waals surface area contributed by atoms with E-state index in [0.29, 0.717) is 29.3 Å². The first-order chi connectivity index (χ1) is 12.0. The molecule has 0 aliphatic heterocycles. The van der Waals surface area contributed by atoms with Crippen molar-refractivity contribution in [2.45, 2.75) is 24.0 Å². The Morgan fingerprint density at radius 1 is 1.28 bits per heavy atom. The molecule has 0 bridgehead atoms.